The normalized spacial score (nSPS) is 25.0. The molecule has 0 unspecified atom stereocenters. The van der Waals surface area contributed by atoms with Gasteiger partial charge in [0, 0.05) is 56.8 Å². The Hall–Kier alpha value is -1.28. The van der Waals surface area contributed by atoms with Crippen LogP contribution in [0.15, 0.2) is 12.4 Å². The minimum atomic E-state index is 0.285. The Kier molecular flexibility index (Phi) is 7.19. The Morgan fingerprint density at radius 3 is 2.58 bits per heavy atom. The molecule has 0 amide bonds. The first kappa shape index (κ1) is 19.5. The molecule has 26 heavy (non-hydrogen) atoms. The van der Waals surface area contributed by atoms with E-state index >= 15 is 0 Å². The highest BCUT2D eigenvalue weighted by molar-refractivity contribution is 5.30. The van der Waals surface area contributed by atoms with Gasteiger partial charge in [-0.2, -0.15) is 0 Å². The molecule has 1 aromatic heterocycles. The lowest BCUT2D eigenvalue weighted by molar-refractivity contribution is 0.0716. The van der Waals surface area contributed by atoms with Gasteiger partial charge in [-0.25, -0.2) is 9.97 Å². The highest BCUT2D eigenvalue weighted by atomic mass is 16.5. The van der Waals surface area contributed by atoms with Crippen molar-refractivity contribution < 1.29 is 9.84 Å². The lowest BCUT2D eigenvalue weighted by Crippen LogP contribution is -2.48. The lowest BCUT2D eigenvalue weighted by Gasteiger charge is -2.41. The third kappa shape index (κ3) is 5.13. The first-order valence-corrected chi connectivity index (χ1v) is 9.80. The van der Waals surface area contributed by atoms with E-state index < -0.39 is 0 Å². The number of piperidine rings is 1. The highest BCUT2D eigenvalue weighted by Gasteiger charge is 2.30. The molecule has 0 saturated carbocycles. The summed E-state index contributed by atoms with van der Waals surface area (Å²) in [5.41, 5.74) is 1.17. The predicted molar refractivity (Wildman–Crippen MR) is 102 cm³/mol. The maximum absolute atomic E-state index is 9.20. The van der Waals surface area contributed by atoms with Gasteiger partial charge in [0.15, 0.2) is 0 Å². The van der Waals surface area contributed by atoms with Gasteiger partial charge in [0.25, 0.3) is 0 Å². The van der Waals surface area contributed by atoms with Crippen LogP contribution in [-0.2, 0) is 11.3 Å². The van der Waals surface area contributed by atoms with Crippen LogP contribution in [0.4, 0.5) is 5.95 Å². The minimum Gasteiger partial charge on any atom is -0.396 e. The molecule has 1 N–H and O–H groups in total. The maximum Gasteiger partial charge on any atom is 0.225 e. The third-order valence-electron chi connectivity index (χ3n) is 5.57. The van der Waals surface area contributed by atoms with Gasteiger partial charge in [-0.1, -0.05) is 0 Å². The fraction of sp³-hybridized carbons (Fsp3) is 0.789. The first-order chi connectivity index (χ1) is 12.7. The predicted octanol–water partition coefficient (Wildman–Crippen LogP) is 0.838. The largest absolute Gasteiger partial charge is 0.396 e. The average Bonchev–Trinajstić information content (AvgIpc) is 2.67. The summed E-state index contributed by atoms with van der Waals surface area (Å²) in [7, 11) is 4.34. The number of aliphatic hydroxyl groups excluding tert-OH is 1. The molecule has 2 aliphatic rings. The molecule has 2 fully saturated rings. The van der Waals surface area contributed by atoms with Crippen molar-refractivity contribution in [3.05, 3.63) is 18.0 Å². The molecular weight excluding hydrogens is 330 g/mol. The van der Waals surface area contributed by atoms with E-state index in [1.54, 1.807) is 0 Å². The molecule has 146 valence electrons. The van der Waals surface area contributed by atoms with E-state index in [4.69, 9.17) is 4.74 Å². The summed E-state index contributed by atoms with van der Waals surface area (Å²) in [5, 5.41) is 9.20. The van der Waals surface area contributed by atoms with Crippen molar-refractivity contribution in [1.29, 1.82) is 0 Å². The number of likely N-dealkylation sites (tertiary alicyclic amines) is 1. The number of hydrogen-bond donors (Lipinski definition) is 1. The zero-order valence-electron chi connectivity index (χ0n) is 16.2. The molecule has 0 aromatic carbocycles. The van der Waals surface area contributed by atoms with Crippen molar-refractivity contribution >= 4 is 5.95 Å². The number of rotatable bonds is 7. The van der Waals surface area contributed by atoms with E-state index in [2.05, 4.69) is 38.8 Å². The molecule has 7 heteroatoms. The van der Waals surface area contributed by atoms with Gasteiger partial charge in [-0.05, 0) is 45.8 Å². The van der Waals surface area contributed by atoms with Crippen molar-refractivity contribution in [3.8, 4) is 0 Å². The van der Waals surface area contributed by atoms with Crippen LogP contribution in [0, 0.1) is 5.92 Å². The molecule has 0 radical (unpaired) electrons. The SMILES string of the molecule is CN(C)[C@H]1CCN(Cc2cnc(N3CCOCC3)nc2)C[C@H]1CCCO. The topological polar surface area (TPSA) is 65.0 Å². The van der Waals surface area contributed by atoms with Crippen molar-refractivity contribution in [2.75, 3.05) is 65.0 Å². The van der Waals surface area contributed by atoms with Crippen LogP contribution >= 0.6 is 0 Å². The molecule has 2 atom stereocenters. The number of nitrogens with zero attached hydrogens (tertiary/aromatic N) is 5. The summed E-state index contributed by atoms with van der Waals surface area (Å²) in [5.74, 6) is 1.42. The maximum atomic E-state index is 9.20. The van der Waals surface area contributed by atoms with Crippen LogP contribution in [0.25, 0.3) is 0 Å². The van der Waals surface area contributed by atoms with Gasteiger partial charge in [0.1, 0.15) is 0 Å². The highest BCUT2D eigenvalue weighted by Crippen LogP contribution is 2.26. The van der Waals surface area contributed by atoms with E-state index in [0.717, 1.165) is 64.7 Å². The van der Waals surface area contributed by atoms with Gasteiger partial charge in [0.2, 0.25) is 5.95 Å². The molecular formula is C19H33N5O2. The number of anilines is 1. The van der Waals surface area contributed by atoms with Crippen LogP contribution in [0.1, 0.15) is 24.8 Å². The van der Waals surface area contributed by atoms with Gasteiger partial charge in [-0.3, -0.25) is 4.90 Å². The Labute approximate surface area is 157 Å². The summed E-state index contributed by atoms with van der Waals surface area (Å²) in [6, 6.07) is 0.609. The van der Waals surface area contributed by atoms with Gasteiger partial charge in [-0.15, -0.1) is 0 Å². The zero-order valence-corrected chi connectivity index (χ0v) is 16.2. The van der Waals surface area contributed by atoms with E-state index in [0.29, 0.717) is 12.0 Å². The molecule has 7 nitrogen and oxygen atoms in total. The lowest BCUT2D eigenvalue weighted by atomic mass is 9.87. The van der Waals surface area contributed by atoms with Crippen molar-refractivity contribution in [2.24, 2.45) is 5.92 Å². The molecule has 3 heterocycles. The number of hydrogen-bond acceptors (Lipinski definition) is 7. The third-order valence-corrected chi connectivity index (χ3v) is 5.57. The van der Waals surface area contributed by atoms with Crippen LogP contribution < -0.4 is 4.90 Å². The van der Waals surface area contributed by atoms with Crippen molar-refractivity contribution in [1.82, 2.24) is 19.8 Å². The first-order valence-electron chi connectivity index (χ1n) is 9.80. The standard InChI is InChI=1S/C19H33N5O2/c1-22(2)18-5-6-23(15-17(18)4-3-9-25)14-16-12-20-19(21-13-16)24-7-10-26-11-8-24/h12-13,17-18,25H,3-11,14-15H2,1-2H3/t17-,18+/m1/s1. The second-order valence-electron chi connectivity index (χ2n) is 7.67. The van der Waals surface area contributed by atoms with Crippen molar-refractivity contribution in [3.63, 3.8) is 0 Å². The van der Waals surface area contributed by atoms with Crippen LogP contribution in [0.2, 0.25) is 0 Å². The Bertz CT molecular complexity index is 533. The summed E-state index contributed by atoms with van der Waals surface area (Å²) in [6.07, 6.45) is 7.09. The number of ether oxygens (including phenoxy) is 1. The summed E-state index contributed by atoms with van der Waals surface area (Å²) in [4.78, 5) is 16.2. The Morgan fingerprint density at radius 2 is 1.92 bits per heavy atom. The fourth-order valence-electron chi connectivity index (χ4n) is 4.17. The molecule has 1 aromatic rings. The molecule has 2 saturated heterocycles. The zero-order chi connectivity index (χ0) is 18.4. The van der Waals surface area contributed by atoms with Gasteiger partial charge < -0.3 is 19.6 Å². The van der Waals surface area contributed by atoms with Gasteiger partial charge in [0.05, 0.1) is 13.2 Å². The van der Waals surface area contributed by atoms with E-state index in [9.17, 15) is 5.11 Å². The monoisotopic (exact) mass is 363 g/mol. The van der Waals surface area contributed by atoms with Gasteiger partial charge >= 0.3 is 0 Å². The molecule has 2 aliphatic heterocycles. The average molecular weight is 364 g/mol. The minimum absolute atomic E-state index is 0.285. The Morgan fingerprint density at radius 1 is 1.19 bits per heavy atom. The fourth-order valence-corrected chi connectivity index (χ4v) is 4.17. The van der Waals surface area contributed by atoms with E-state index in [-0.39, 0.29) is 6.61 Å². The van der Waals surface area contributed by atoms with Crippen molar-refractivity contribution in [2.45, 2.75) is 31.8 Å². The smallest absolute Gasteiger partial charge is 0.225 e. The second kappa shape index (κ2) is 9.60. The van der Waals surface area contributed by atoms with E-state index in [1.807, 2.05) is 12.4 Å². The van der Waals surface area contributed by atoms with Crippen LogP contribution in [0.3, 0.4) is 0 Å². The number of aromatic nitrogens is 2. The number of morpholine rings is 1. The Balaban J connectivity index is 1.56. The van der Waals surface area contributed by atoms with Crippen LogP contribution in [-0.4, -0.2) is 91.0 Å². The van der Waals surface area contributed by atoms with Crippen LogP contribution in [0.5, 0.6) is 0 Å². The molecule has 0 spiro atoms. The number of aliphatic hydroxyl groups is 1. The molecule has 0 aliphatic carbocycles. The van der Waals surface area contributed by atoms with E-state index in [1.165, 1.54) is 12.0 Å². The quantitative estimate of drug-likeness (QED) is 0.770. The second-order valence-corrected chi connectivity index (χ2v) is 7.67. The summed E-state index contributed by atoms with van der Waals surface area (Å²) < 4.78 is 5.39. The summed E-state index contributed by atoms with van der Waals surface area (Å²) in [6.45, 7) is 6.60. The molecule has 0 bridgehead atoms. The molecule has 3 rings (SSSR count). The summed E-state index contributed by atoms with van der Waals surface area (Å²) >= 11 is 0.